The third-order valence-corrected chi connectivity index (χ3v) is 1.28. The van der Waals surface area contributed by atoms with Crippen LogP contribution in [0.4, 0.5) is 11.4 Å². The number of hydrogen-bond donors (Lipinski definition) is 2. The van der Waals surface area contributed by atoms with E-state index >= 15 is 0 Å². The van der Waals surface area contributed by atoms with Gasteiger partial charge in [-0.25, -0.2) is 0 Å². The molecule has 0 saturated heterocycles. The van der Waals surface area contributed by atoms with Gasteiger partial charge in [-0.3, -0.25) is 0 Å². The first-order valence-corrected chi connectivity index (χ1v) is 3.16. The standard InChI is InChI=1S/C8H10N2O/c1-2-11-6-3-4-7(9)8(10)5-6/h2-5H,1,9-10H2. The molecule has 0 amide bonds. The Morgan fingerprint density at radius 1 is 1.27 bits per heavy atom. The lowest BCUT2D eigenvalue weighted by Crippen LogP contribution is -1.94. The van der Waals surface area contributed by atoms with Gasteiger partial charge in [0, 0.05) is 6.07 Å². The Morgan fingerprint density at radius 2 is 2.00 bits per heavy atom. The molecule has 0 aromatic heterocycles. The van der Waals surface area contributed by atoms with Crippen LogP contribution in [0.25, 0.3) is 0 Å². The molecule has 1 rings (SSSR count). The zero-order valence-corrected chi connectivity index (χ0v) is 6.08. The first kappa shape index (κ1) is 7.47. The summed E-state index contributed by atoms with van der Waals surface area (Å²) in [4.78, 5) is 0. The van der Waals surface area contributed by atoms with Gasteiger partial charge in [-0.15, -0.1) is 0 Å². The van der Waals surface area contributed by atoms with Crippen molar-refractivity contribution < 1.29 is 4.74 Å². The topological polar surface area (TPSA) is 61.3 Å². The van der Waals surface area contributed by atoms with Crippen LogP contribution in [-0.4, -0.2) is 0 Å². The summed E-state index contributed by atoms with van der Waals surface area (Å²) in [7, 11) is 0. The van der Waals surface area contributed by atoms with Crippen molar-refractivity contribution in [1.29, 1.82) is 0 Å². The van der Waals surface area contributed by atoms with Crippen LogP contribution in [0.1, 0.15) is 0 Å². The lowest BCUT2D eigenvalue weighted by molar-refractivity contribution is 0.484. The predicted octanol–water partition coefficient (Wildman–Crippen LogP) is 1.37. The lowest BCUT2D eigenvalue weighted by atomic mass is 10.2. The molecule has 1 aromatic rings. The van der Waals surface area contributed by atoms with Crippen molar-refractivity contribution in [1.82, 2.24) is 0 Å². The van der Waals surface area contributed by atoms with Crippen LogP contribution in [0.2, 0.25) is 0 Å². The second-order valence-corrected chi connectivity index (χ2v) is 2.08. The molecular formula is C8H10N2O. The smallest absolute Gasteiger partial charge is 0.128 e. The number of anilines is 2. The van der Waals surface area contributed by atoms with Crippen molar-refractivity contribution in [2.45, 2.75) is 0 Å². The first-order valence-electron chi connectivity index (χ1n) is 3.16. The molecule has 0 radical (unpaired) electrons. The summed E-state index contributed by atoms with van der Waals surface area (Å²) >= 11 is 0. The number of ether oxygens (including phenoxy) is 1. The highest BCUT2D eigenvalue weighted by Crippen LogP contribution is 2.21. The average molecular weight is 150 g/mol. The number of hydrogen-bond acceptors (Lipinski definition) is 3. The molecule has 0 aliphatic heterocycles. The van der Waals surface area contributed by atoms with Gasteiger partial charge in [0.25, 0.3) is 0 Å². The fourth-order valence-electron chi connectivity index (χ4n) is 0.722. The number of nitrogens with two attached hydrogens (primary N) is 2. The van der Waals surface area contributed by atoms with E-state index in [4.69, 9.17) is 16.2 Å². The Hall–Kier alpha value is -1.64. The Labute approximate surface area is 65.3 Å². The van der Waals surface area contributed by atoms with Gasteiger partial charge in [0.1, 0.15) is 5.75 Å². The summed E-state index contributed by atoms with van der Waals surface area (Å²) in [5.74, 6) is 0.645. The maximum atomic E-state index is 5.51. The fraction of sp³-hybridized carbons (Fsp3) is 0. The molecule has 3 nitrogen and oxygen atoms in total. The molecule has 0 spiro atoms. The first-order chi connectivity index (χ1) is 5.24. The normalized spacial score (nSPS) is 9.09. The van der Waals surface area contributed by atoms with Gasteiger partial charge in [0.05, 0.1) is 17.6 Å². The summed E-state index contributed by atoms with van der Waals surface area (Å²) in [6.45, 7) is 3.41. The molecule has 0 saturated carbocycles. The predicted molar refractivity (Wildman–Crippen MR) is 46.1 cm³/mol. The van der Waals surface area contributed by atoms with Crippen molar-refractivity contribution in [2.24, 2.45) is 0 Å². The molecule has 0 heterocycles. The minimum absolute atomic E-state index is 0.518. The van der Waals surface area contributed by atoms with Crippen LogP contribution in [0.5, 0.6) is 5.75 Å². The van der Waals surface area contributed by atoms with Crippen LogP contribution in [0, 0.1) is 0 Å². The second-order valence-electron chi connectivity index (χ2n) is 2.08. The SMILES string of the molecule is C=COc1ccc(N)c(N)c1. The Bertz CT molecular complexity index is 271. The van der Waals surface area contributed by atoms with E-state index in [-0.39, 0.29) is 0 Å². The number of nitrogen functional groups attached to an aromatic ring is 2. The molecule has 0 unspecified atom stereocenters. The third kappa shape index (κ3) is 1.64. The average Bonchev–Trinajstić information content (AvgIpc) is 1.98. The van der Waals surface area contributed by atoms with Gasteiger partial charge in [-0.1, -0.05) is 6.58 Å². The van der Waals surface area contributed by atoms with Gasteiger partial charge in [0.2, 0.25) is 0 Å². The highest BCUT2D eigenvalue weighted by Gasteiger charge is 1.95. The molecule has 11 heavy (non-hydrogen) atoms. The largest absolute Gasteiger partial charge is 0.466 e. The number of rotatable bonds is 2. The van der Waals surface area contributed by atoms with Crippen molar-refractivity contribution in [3.63, 3.8) is 0 Å². The van der Waals surface area contributed by atoms with E-state index in [9.17, 15) is 0 Å². The minimum Gasteiger partial charge on any atom is -0.466 e. The van der Waals surface area contributed by atoms with Gasteiger partial charge in [-0.05, 0) is 12.1 Å². The molecule has 0 bridgehead atoms. The van der Waals surface area contributed by atoms with Gasteiger partial charge in [0.15, 0.2) is 0 Å². The Balaban J connectivity index is 2.95. The summed E-state index contributed by atoms with van der Waals surface area (Å²) < 4.78 is 4.97. The van der Waals surface area contributed by atoms with E-state index in [1.165, 1.54) is 6.26 Å². The summed E-state index contributed by atoms with van der Waals surface area (Å²) in [6.07, 6.45) is 1.34. The molecule has 58 valence electrons. The lowest BCUT2D eigenvalue weighted by Gasteiger charge is -2.02. The molecule has 4 N–H and O–H groups in total. The maximum Gasteiger partial charge on any atom is 0.128 e. The van der Waals surface area contributed by atoms with Crippen LogP contribution < -0.4 is 16.2 Å². The zero-order chi connectivity index (χ0) is 8.27. The van der Waals surface area contributed by atoms with Crippen molar-refractivity contribution >= 4 is 11.4 Å². The van der Waals surface area contributed by atoms with Crippen LogP contribution >= 0.6 is 0 Å². The molecule has 0 aliphatic rings. The van der Waals surface area contributed by atoms with E-state index in [2.05, 4.69) is 6.58 Å². The van der Waals surface area contributed by atoms with Crippen molar-refractivity contribution in [2.75, 3.05) is 11.5 Å². The van der Waals surface area contributed by atoms with E-state index in [1.54, 1.807) is 18.2 Å². The highest BCUT2D eigenvalue weighted by molar-refractivity contribution is 5.65. The zero-order valence-electron chi connectivity index (χ0n) is 6.08. The van der Waals surface area contributed by atoms with E-state index in [1.807, 2.05) is 0 Å². The van der Waals surface area contributed by atoms with Crippen molar-refractivity contribution in [3.05, 3.63) is 31.0 Å². The second kappa shape index (κ2) is 2.96. The maximum absolute atomic E-state index is 5.51. The van der Waals surface area contributed by atoms with Crippen molar-refractivity contribution in [3.8, 4) is 5.75 Å². The van der Waals surface area contributed by atoms with Gasteiger partial charge < -0.3 is 16.2 Å². The molecular weight excluding hydrogens is 140 g/mol. The Kier molecular flexibility index (Phi) is 2.01. The third-order valence-electron chi connectivity index (χ3n) is 1.28. The van der Waals surface area contributed by atoms with E-state index < -0.39 is 0 Å². The monoisotopic (exact) mass is 150 g/mol. The number of benzene rings is 1. The van der Waals surface area contributed by atoms with E-state index in [0.717, 1.165) is 0 Å². The van der Waals surface area contributed by atoms with Crippen LogP contribution in [-0.2, 0) is 0 Å². The molecule has 0 fully saturated rings. The van der Waals surface area contributed by atoms with Gasteiger partial charge >= 0.3 is 0 Å². The summed E-state index contributed by atoms with van der Waals surface area (Å²) in [6, 6.07) is 5.07. The van der Waals surface area contributed by atoms with E-state index in [0.29, 0.717) is 17.1 Å². The quantitative estimate of drug-likeness (QED) is 0.494. The molecule has 0 atom stereocenters. The summed E-state index contributed by atoms with van der Waals surface area (Å²) in [5.41, 5.74) is 12.1. The van der Waals surface area contributed by atoms with Crippen LogP contribution in [0.15, 0.2) is 31.0 Å². The van der Waals surface area contributed by atoms with Gasteiger partial charge in [-0.2, -0.15) is 0 Å². The fourth-order valence-corrected chi connectivity index (χ4v) is 0.722. The minimum atomic E-state index is 0.518. The van der Waals surface area contributed by atoms with Crippen LogP contribution in [0.3, 0.4) is 0 Å². The highest BCUT2D eigenvalue weighted by atomic mass is 16.5. The molecule has 3 heteroatoms. The molecule has 1 aromatic carbocycles. The Morgan fingerprint density at radius 3 is 2.55 bits per heavy atom. The molecule has 0 aliphatic carbocycles. The summed E-state index contributed by atoms with van der Waals surface area (Å²) in [5, 5.41) is 0.